The first-order valence-electron chi connectivity index (χ1n) is 8.53. The fraction of sp³-hybridized carbons (Fsp3) is 0.238. The van der Waals surface area contributed by atoms with Gasteiger partial charge in [0.2, 0.25) is 0 Å². The molecule has 1 saturated heterocycles. The molecule has 0 aromatic heterocycles. The van der Waals surface area contributed by atoms with Gasteiger partial charge in [0.05, 0.1) is 17.7 Å². The topological polar surface area (TPSA) is 41.9 Å². The maximum atomic E-state index is 12.7. The van der Waals surface area contributed by atoms with Crippen molar-refractivity contribution in [2.75, 3.05) is 13.7 Å². The first kappa shape index (κ1) is 18.3. The molecule has 0 atom stereocenters. The van der Waals surface area contributed by atoms with E-state index in [4.69, 9.17) is 4.74 Å². The van der Waals surface area contributed by atoms with E-state index in [0.29, 0.717) is 16.6 Å². The van der Waals surface area contributed by atoms with Gasteiger partial charge in [-0.2, -0.15) is 0 Å². The van der Waals surface area contributed by atoms with Gasteiger partial charge in [-0.3, -0.25) is 9.69 Å². The number of carbonyl (C=O) groups excluding carboxylic acids is 1. The Morgan fingerprint density at radius 1 is 1.15 bits per heavy atom. The van der Waals surface area contributed by atoms with Crippen molar-refractivity contribution in [2.45, 2.75) is 20.8 Å². The van der Waals surface area contributed by atoms with Gasteiger partial charge < -0.3 is 4.74 Å². The Balaban J connectivity index is 1.92. The van der Waals surface area contributed by atoms with E-state index in [1.54, 1.807) is 12.0 Å². The first-order chi connectivity index (χ1) is 12.5. The van der Waals surface area contributed by atoms with Crippen molar-refractivity contribution in [1.82, 2.24) is 4.90 Å². The molecule has 3 rings (SSSR count). The van der Waals surface area contributed by atoms with Gasteiger partial charge in [-0.15, -0.1) is 0 Å². The summed E-state index contributed by atoms with van der Waals surface area (Å²) in [6.07, 6.45) is 1.90. The lowest BCUT2D eigenvalue weighted by Crippen LogP contribution is -2.28. The number of rotatable bonds is 4. The number of aliphatic imine (C=N–C) groups is 1. The highest BCUT2D eigenvalue weighted by Crippen LogP contribution is 2.34. The number of likely N-dealkylation sites (N-methyl/N-ethyl adjacent to an activating group) is 1. The van der Waals surface area contributed by atoms with Crippen molar-refractivity contribution in [3.05, 3.63) is 64.1 Å². The van der Waals surface area contributed by atoms with E-state index in [9.17, 15) is 4.79 Å². The summed E-state index contributed by atoms with van der Waals surface area (Å²) in [4.78, 5) is 19.8. The summed E-state index contributed by atoms with van der Waals surface area (Å²) in [6, 6.07) is 13.9. The molecule has 0 radical (unpaired) electrons. The fourth-order valence-corrected chi connectivity index (χ4v) is 3.74. The lowest BCUT2D eigenvalue weighted by Gasteiger charge is -2.12. The van der Waals surface area contributed by atoms with E-state index < -0.39 is 0 Å². The molecule has 5 heteroatoms. The lowest BCUT2D eigenvalue weighted by atomic mass is 10.1. The largest absolute Gasteiger partial charge is 0.496 e. The Morgan fingerprint density at radius 3 is 2.54 bits per heavy atom. The highest BCUT2D eigenvalue weighted by Gasteiger charge is 2.32. The molecule has 0 saturated carbocycles. The number of amidine groups is 1. The number of carbonyl (C=O) groups is 1. The summed E-state index contributed by atoms with van der Waals surface area (Å²) < 4.78 is 5.37. The third kappa shape index (κ3) is 3.83. The van der Waals surface area contributed by atoms with Crippen molar-refractivity contribution in [3.63, 3.8) is 0 Å². The molecule has 0 spiro atoms. The Bertz CT molecular complexity index is 885. The minimum atomic E-state index is -0.0112. The zero-order chi connectivity index (χ0) is 18.7. The van der Waals surface area contributed by atoms with Gasteiger partial charge in [0.1, 0.15) is 5.75 Å². The number of ether oxygens (including phenoxy) is 1. The second-order valence-electron chi connectivity index (χ2n) is 6.12. The molecule has 1 amide bonds. The van der Waals surface area contributed by atoms with Gasteiger partial charge in [-0.05, 0) is 67.9 Å². The first-order valence-corrected chi connectivity index (χ1v) is 9.35. The summed E-state index contributed by atoms with van der Waals surface area (Å²) >= 11 is 1.41. The average Bonchev–Trinajstić information content (AvgIpc) is 2.93. The van der Waals surface area contributed by atoms with Crippen LogP contribution in [0.4, 0.5) is 5.69 Å². The quantitative estimate of drug-likeness (QED) is 0.720. The van der Waals surface area contributed by atoms with Gasteiger partial charge in [-0.1, -0.05) is 29.8 Å². The predicted molar refractivity (Wildman–Crippen MR) is 109 cm³/mol. The lowest BCUT2D eigenvalue weighted by molar-refractivity contribution is -0.122. The molecule has 0 unspecified atom stereocenters. The molecule has 134 valence electrons. The maximum absolute atomic E-state index is 12.7. The molecule has 4 nitrogen and oxygen atoms in total. The Morgan fingerprint density at radius 2 is 1.88 bits per heavy atom. The number of amides is 1. The summed E-state index contributed by atoms with van der Waals surface area (Å²) in [6.45, 7) is 6.59. The molecule has 1 heterocycles. The minimum Gasteiger partial charge on any atom is -0.496 e. The Hall–Kier alpha value is -2.53. The van der Waals surface area contributed by atoms with Crippen LogP contribution in [0.3, 0.4) is 0 Å². The van der Waals surface area contributed by atoms with Crippen LogP contribution in [0.25, 0.3) is 6.08 Å². The Labute approximate surface area is 158 Å². The van der Waals surface area contributed by atoms with E-state index in [2.05, 4.69) is 4.99 Å². The highest BCUT2D eigenvalue weighted by atomic mass is 32.2. The molecule has 0 N–H and O–H groups in total. The van der Waals surface area contributed by atoms with Crippen molar-refractivity contribution in [2.24, 2.45) is 4.99 Å². The number of nitrogens with zero attached hydrogens (tertiary/aromatic N) is 2. The van der Waals surface area contributed by atoms with Crippen LogP contribution < -0.4 is 4.74 Å². The Kier molecular flexibility index (Phi) is 5.47. The summed E-state index contributed by atoms with van der Waals surface area (Å²) in [5.41, 5.74) is 4.04. The standard InChI is InChI=1S/C21H22N2O2S/c1-5-23-20(24)19(13-16-9-8-15(3)18(12-16)25-4)26-21(23)22-17-10-6-14(2)7-11-17/h6-13H,5H2,1-4H3/b19-13+,22-21?. The number of thioether (sulfide) groups is 1. The van der Waals surface area contributed by atoms with Crippen LogP contribution in [-0.4, -0.2) is 29.6 Å². The van der Waals surface area contributed by atoms with Crippen molar-refractivity contribution in [1.29, 1.82) is 0 Å². The highest BCUT2D eigenvalue weighted by molar-refractivity contribution is 8.18. The second-order valence-corrected chi connectivity index (χ2v) is 7.13. The molecule has 1 fully saturated rings. The molecule has 1 aliphatic rings. The number of methoxy groups -OCH3 is 1. The van der Waals surface area contributed by atoms with Crippen LogP contribution >= 0.6 is 11.8 Å². The van der Waals surface area contributed by atoms with Crippen molar-refractivity contribution >= 4 is 34.6 Å². The normalized spacial score (nSPS) is 17.4. The van der Waals surface area contributed by atoms with Gasteiger partial charge in [-0.25, -0.2) is 4.99 Å². The van der Waals surface area contributed by atoms with Crippen LogP contribution in [-0.2, 0) is 4.79 Å². The molecule has 0 bridgehead atoms. The second kappa shape index (κ2) is 7.79. The SMILES string of the molecule is CCN1C(=O)/C(=C\c2ccc(C)c(OC)c2)SC1=Nc1ccc(C)cc1. The van der Waals surface area contributed by atoms with Gasteiger partial charge in [0.25, 0.3) is 5.91 Å². The fourth-order valence-electron chi connectivity index (χ4n) is 2.68. The van der Waals surface area contributed by atoms with Crippen LogP contribution in [0.1, 0.15) is 23.6 Å². The maximum Gasteiger partial charge on any atom is 0.266 e. The van der Waals surface area contributed by atoms with Crippen molar-refractivity contribution < 1.29 is 9.53 Å². The molecular weight excluding hydrogens is 344 g/mol. The average molecular weight is 366 g/mol. The molecular formula is C21H22N2O2S. The molecule has 2 aromatic rings. The summed E-state index contributed by atoms with van der Waals surface area (Å²) in [7, 11) is 1.65. The summed E-state index contributed by atoms with van der Waals surface area (Å²) in [5, 5.41) is 0.715. The number of aryl methyl sites for hydroxylation is 2. The van der Waals surface area contributed by atoms with Gasteiger partial charge in [0, 0.05) is 6.54 Å². The summed E-state index contributed by atoms with van der Waals surface area (Å²) in [5.74, 6) is 0.804. The van der Waals surface area contributed by atoms with E-state index in [0.717, 1.165) is 22.6 Å². The van der Waals surface area contributed by atoms with Crippen LogP contribution in [0.2, 0.25) is 0 Å². The van der Waals surface area contributed by atoms with Crippen LogP contribution in [0.15, 0.2) is 52.4 Å². The minimum absolute atomic E-state index is 0.0112. The molecule has 0 aliphatic carbocycles. The molecule has 1 aliphatic heterocycles. The zero-order valence-corrected chi connectivity index (χ0v) is 16.3. The zero-order valence-electron chi connectivity index (χ0n) is 15.4. The smallest absolute Gasteiger partial charge is 0.266 e. The van der Waals surface area contributed by atoms with E-state index >= 15 is 0 Å². The van der Waals surface area contributed by atoms with Crippen LogP contribution in [0.5, 0.6) is 5.75 Å². The van der Waals surface area contributed by atoms with E-state index in [-0.39, 0.29) is 5.91 Å². The predicted octanol–water partition coefficient (Wildman–Crippen LogP) is 4.94. The number of hydrogen-bond acceptors (Lipinski definition) is 4. The van der Waals surface area contributed by atoms with Gasteiger partial charge >= 0.3 is 0 Å². The third-order valence-corrected chi connectivity index (χ3v) is 5.20. The third-order valence-electron chi connectivity index (χ3n) is 4.19. The molecule has 2 aromatic carbocycles. The monoisotopic (exact) mass is 366 g/mol. The number of hydrogen-bond donors (Lipinski definition) is 0. The van der Waals surface area contributed by atoms with Crippen LogP contribution in [0, 0.1) is 13.8 Å². The van der Waals surface area contributed by atoms with E-state index in [1.165, 1.54) is 17.3 Å². The number of benzene rings is 2. The van der Waals surface area contributed by atoms with Crippen molar-refractivity contribution in [3.8, 4) is 5.75 Å². The molecule has 26 heavy (non-hydrogen) atoms. The van der Waals surface area contributed by atoms with E-state index in [1.807, 2.05) is 69.3 Å². The van der Waals surface area contributed by atoms with Gasteiger partial charge in [0.15, 0.2) is 5.17 Å².